The number of benzene rings is 1. The molecule has 0 bridgehead atoms. The molecule has 4 N–H and O–H groups in total. The summed E-state index contributed by atoms with van der Waals surface area (Å²) in [5, 5.41) is 33.1. The van der Waals surface area contributed by atoms with E-state index in [-0.39, 0.29) is 42.2 Å². The lowest BCUT2D eigenvalue weighted by atomic mass is 10.1. The first-order chi connectivity index (χ1) is 10.1. The van der Waals surface area contributed by atoms with E-state index in [4.69, 9.17) is 20.4 Å². The quantitative estimate of drug-likeness (QED) is 0.396. The van der Waals surface area contributed by atoms with E-state index in [0.29, 0.717) is 0 Å². The van der Waals surface area contributed by atoms with Crippen LogP contribution in [0.5, 0.6) is 0 Å². The summed E-state index contributed by atoms with van der Waals surface area (Å²) in [6, 6.07) is 0. The summed E-state index contributed by atoms with van der Waals surface area (Å²) >= 11 is 12.2. The minimum absolute atomic E-state index is 0.0521. The number of carboxylic acid groups (broad SMARTS) is 2. The first-order valence-electron chi connectivity index (χ1n) is 5.66. The van der Waals surface area contributed by atoms with Crippen LogP contribution < -0.4 is 0 Å². The highest BCUT2D eigenvalue weighted by Crippen LogP contribution is 2.41. The van der Waals surface area contributed by atoms with Crippen LogP contribution in [-0.4, -0.2) is 45.6 Å². The van der Waals surface area contributed by atoms with E-state index in [1.807, 2.05) is 0 Å². The fourth-order valence-electron chi connectivity index (χ4n) is 1.01. The van der Waals surface area contributed by atoms with Crippen molar-refractivity contribution < 1.29 is 30.0 Å². The predicted molar refractivity (Wildman–Crippen MR) is 96.7 cm³/mol. The molecule has 6 nitrogen and oxygen atoms in total. The number of hydrogen-bond donors (Lipinski definition) is 4. The van der Waals surface area contributed by atoms with E-state index in [1.165, 1.54) is 0 Å². The van der Waals surface area contributed by atoms with Crippen LogP contribution in [0.15, 0.2) is 17.9 Å². The second-order valence-corrected chi connectivity index (χ2v) is 6.42. The van der Waals surface area contributed by atoms with Gasteiger partial charge in [0.25, 0.3) is 0 Å². The standard InChI is InChI=1S/C8H2Br4O4.2C2H6O/c9-3-1(7(13)14)4(10)6(12)2(5(3)11)8(15)16;2*1-2-3/h(H,13,14)(H,15,16);2*3H,2H2,1H3. The van der Waals surface area contributed by atoms with Gasteiger partial charge in [0.1, 0.15) is 0 Å². The number of rotatable bonds is 2. The van der Waals surface area contributed by atoms with Crippen molar-refractivity contribution in [3.8, 4) is 0 Å². The molecule has 126 valence electrons. The maximum atomic E-state index is 11.0. The van der Waals surface area contributed by atoms with Gasteiger partial charge in [-0.1, -0.05) is 0 Å². The first-order valence-corrected chi connectivity index (χ1v) is 8.83. The highest BCUT2D eigenvalue weighted by atomic mass is 79.9. The van der Waals surface area contributed by atoms with Gasteiger partial charge in [-0.3, -0.25) is 0 Å². The Balaban J connectivity index is 0. The lowest BCUT2D eigenvalue weighted by Gasteiger charge is -2.11. The molecule has 0 spiro atoms. The molecule has 0 atom stereocenters. The monoisotopic (exact) mass is 570 g/mol. The third-order valence-electron chi connectivity index (χ3n) is 1.69. The van der Waals surface area contributed by atoms with Gasteiger partial charge < -0.3 is 20.4 Å². The molecule has 0 saturated carbocycles. The SMILES string of the molecule is CCO.CCO.O=C(O)c1c(Br)c(Br)c(C(=O)O)c(Br)c1Br. The highest BCUT2D eigenvalue weighted by Gasteiger charge is 2.26. The summed E-state index contributed by atoms with van der Waals surface area (Å²) in [7, 11) is 0. The molecular weight excluding hydrogens is 560 g/mol. The van der Waals surface area contributed by atoms with E-state index in [1.54, 1.807) is 13.8 Å². The number of carboxylic acids is 2. The van der Waals surface area contributed by atoms with Gasteiger partial charge in [0.15, 0.2) is 0 Å². The van der Waals surface area contributed by atoms with E-state index in [9.17, 15) is 9.59 Å². The van der Waals surface area contributed by atoms with Crippen molar-refractivity contribution in [2.24, 2.45) is 0 Å². The van der Waals surface area contributed by atoms with Gasteiger partial charge in [0.2, 0.25) is 0 Å². The van der Waals surface area contributed by atoms with E-state index < -0.39 is 11.9 Å². The van der Waals surface area contributed by atoms with Crippen LogP contribution in [0, 0.1) is 0 Å². The molecule has 0 saturated heterocycles. The van der Waals surface area contributed by atoms with Gasteiger partial charge in [-0.2, -0.15) is 0 Å². The molecular formula is C12H14Br4O6. The summed E-state index contributed by atoms with van der Waals surface area (Å²) in [6.45, 7) is 3.86. The van der Waals surface area contributed by atoms with E-state index in [0.717, 1.165) is 0 Å². The molecule has 1 rings (SSSR count). The molecule has 10 heteroatoms. The van der Waals surface area contributed by atoms with Crippen molar-refractivity contribution in [2.45, 2.75) is 13.8 Å². The van der Waals surface area contributed by atoms with Crippen LogP contribution >= 0.6 is 63.7 Å². The zero-order valence-electron chi connectivity index (χ0n) is 11.5. The summed E-state index contributed by atoms with van der Waals surface area (Å²) in [6.07, 6.45) is 0. The molecule has 0 heterocycles. The molecule has 0 unspecified atom stereocenters. The van der Waals surface area contributed by atoms with Crippen molar-refractivity contribution in [2.75, 3.05) is 13.2 Å². The molecule has 0 aromatic heterocycles. The smallest absolute Gasteiger partial charge is 0.338 e. The Morgan fingerprint density at radius 3 is 0.955 bits per heavy atom. The van der Waals surface area contributed by atoms with Gasteiger partial charge in [-0.15, -0.1) is 0 Å². The van der Waals surface area contributed by atoms with Crippen LogP contribution in [0.25, 0.3) is 0 Å². The van der Waals surface area contributed by atoms with Crippen molar-refractivity contribution >= 4 is 75.7 Å². The van der Waals surface area contributed by atoms with Gasteiger partial charge in [0, 0.05) is 31.1 Å². The lowest BCUT2D eigenvalue weighted by Crippen LogP contribution is -2.07. The van der Waals surface area contributed by atoms with Gasteiger partial charge >= 0.3 is 11.9 Å². The zero-order chi connectivity index (χ0) is 18.0. The predicted octanol–water partition coefficient (Wildman–Crippen LogP) is 4.13. The van der Waals surface area contributed by atoms with Crippen molar-refractivity contribution in [1.29, 1.82) is 0 Å². The molecule has 0 aliphatic carbocycles. The zero-order valence-corrected chi connectivity index (χ0v) is 17.9. The third-order valence-corrected chi connectivity index (χ3v) is 5.93. The topological polar surface area (TPSA) is 115 Å². The van der Waals surface area contributed by atoms with E-state index in [2.05, 4.69) is 63.7 Å². The Bertz CT molecular complexity index is 457. The summed E-state index contributed by atoms with van der Waals surface area (Å²) in [4.78, 5) is 22.0. The minimum atomic E-state index is -1.17. The van der Waals surface area contributed by atoms with Crippen LogP contribution in [0.4, 0.5) is 0 Å². The van der Waals surface area contributed by atoms with E-state index >= 15 is 0 Å². The maximum Gasteiger partial charge on any atom is 0.338 e. The molecule has 0 radical (unpaired) electrons. The molecule has 1 aromatic rings. The van der Waals surface area contributed by atoms with Crippen LogP contribution in [0.1, 0.15) is 34.6 Å². The lowest BCUT2D eigenvalue weighted by molar-refractivity contribution is 0.0677. The average Bonchev–Trinajstić information content (AvgIpc) is 2.38. The molecule has 0 aliphatic heterocycles. The summed E-state index contributed by atoms with van der Waals surface area (Å²) in [5.41, 5.74) is -0.104. The average molecular weight is 574 g/mol. The first kappa shape index (κ1) is 24.3. The largest absolute Gasteiger partial charge is 0.478 e. The molecule has 0 aliphatic rings. The Kier molecular flexibility index (Phi) is 13.7. The second-order valence-electron chi connectivity index (χ2n) is 3.25. The second kappa shape index (κ2) is 12.4. The number of hydrogen-bond acceptors (Lipinski definition) is 4. The number of aromatic carboxylic acids is 2. The summed E-state index contributed by atoms with van der Waals surface area (Å²) < 4.78 is 0.694. The Labute approximate surface area is 161 Å². The van der Waals surface area contributed by atoms with Gasteiger partial charge in [-0.05, 0) is 77.6 Å². The molecule has 0 fully saturated rings. The summed E-state index contributed by atoms with van der Waals surface area (Å²) in [5.74, 6) is -2.34. The van der Waals surface area contributed by atoms with Crippen LogP contribution in [-0.2, 0) is 0 Å². The maximum absolute atomic E-state index is 11.0. The van der Waals surface area contributed by atoms with Crippen molar-refractivity contribution in [1.82, 2.24) is 0 Å². The third kappa shape index (κ3) is 7.05. The molecule has 0 amide bonds. The normalized spacial score (nSPS) is 9.09. The fraction of sp³-hybridized carbons (Fsp3) is 0.333. The number of halogens is 4. The van der Waals surface area contributed by atoms with Crippen molar-refractivity contribution in [3.63, 3.8) is 0 Å². The molecule has 22 heavy (non-hydrogen) atoms. The number of carbonyl (C=O) groups is 2. The van der Waals surface area contributed by atoms with Gasteiger partial charge in [-0.25, -0.2) is 9.59 Å². The minimum Gasteiger partial charge on any atom is -0.478 e. The number of aliphatic hydroxyl groups excluding tert-OH is 2. The van der Waals surface area contributed by atoms with Crippen LogP contribution in [0.2, 0.25) is 0 Å². The fourth-order valence-corrected chi connectivity index (χ4v) is 3.80. The Morgan fingerprint density at radius 1 is 0.727 bits per heavy atom. The van der Waals surface area contributed by atoms with Crippen LogP contribution in [0.3, 0.4) is 0 Å². The Hall–Kier alpha value is -0.000000000000000222. The Morgan fingerprint density at radius 2 is 0.864 bits per heavy atom. The van der Waals surface area contributed by atoms with Crippen molar-refractivity contribution in [3.05, 3.63) is 29.0 Å². The highest BCUT2D eigenvalue weighted by molar-refractivity contribution is 9.14. The number of aliphatic hydroxyl groups is 2. The van der Waals surface area contributed by atoms with Gasteiger partial charge in [0.05, 0.1) is 11.1 Å². The molecule has 1 aromatic carbocycles.